The zero-order valence-electron chi connectivity index (χ0n) is 20.7. The molecule has 2 aromatic carbocycles. The maximum absolute atomic E-state index is 13.3. The molecule has 0 radical (unpaired) electrons. The van der Waals surface area contributed by atoms with Crippen LogP contribution in [0.1, 0.15) is 58.0 Å². The molecule has 10 heteroatoms. The van der Waals surface area contributed by atoms with Gasteiger partial charge in [-0.15, -0.1) is 0 Å². The standard InChI is InChI=1S/C27H27N3O7/c1-17-14-15-20(30(17)27(34)36-16-18-10-6-4-7-11-18)23-28-21(26(33)35-3)22(24(31)29(23)2)37-25(32)19-12-8-5-9-13-19/h4-13,17,20H,14-16H2,1-3H3/t17?,20-/m0/s1. The Labute approximate surface area is 213 Å². The second-order valence-corrected chi connectivity index (χ2v) is 8.65. The zero-order valence-corrected chi connectivity index (χ0v) is 20.7. The van der Waals surface area contributed by atoms with Gasteiger partial charge in [0.05, 0.1) is 18.7 Å². The maximum Gasteiger partial charge on any atom is 0.410 e. The third-order valence-corrected chi connectivity index (χ3v) is 6.25. The minimum absolute atomic E-state index is 0.0871. The number of likely N-dealkylation sites (tertiary alicyclic amines) is 1. The van der Waals surface area contributed by atoms with Crippen LogP contribution in [0, 0.1) is 0 Å². The van der Waals surface area contributed by atoms with E-state index in [2.05, 4.69) is 4.98 Å². The first-order valence-electron chi connectivity index (χ1n) is 11.8. The van der Waals surface area contributed by atoms with E-state index in [1.807, 2.05) is 37.3 Å². The van der Waals surface area contributed by atoms with Crippen molar-refractivity contribution in [2.24, 2.45) is 7.05 Å². The highest BCUT2D eigenvalue weighted by molar-refractivity contribution is 5.94. The van der Waals surface area contributed by atoms with Crippen molar-refractivity contribution in [2.75, 3.05) is 7.11 Å². The van der Waals surface area contributed by atoms with Gasteiger partial charge in [0, 0.05) is 13.1 Å². The van der Waals surface area contributed by atoms with Gasteiger partial charge in [-0.05, 0) is 37.5 Å². The molecular weight excluding hydrogens is 478 g/mol. The molecule has 1 aromatic heterocycles. The van der Waals surface area contributed by atoms with Crippen molar-refractivity contribution in [3.63, 3.8) is 0 Å². The maximum atomic E-state index is 13.3. The summed E-state index contributed by atoms with van der Waals surface area (Å²) in [4.78, 5) is 57.5. The number of methoxy groups -OCH3 is 1. The van der Waals surface area contributed by atoms with Gasteiger partial charge in [0.1, 0.15) is 12.4 Å². The molecule has 0 N–H and O–H groups in total. The Kier molecular flexibility index (Phi) is 7.66. The number of hydrogen-bond acceptors (Lipinski definition) is 8. The molecule has 1 aliphatic rings. The predicted molar refractivity (Wildman–Crippen MR) is 132 cm³/mol. The van der Waals surface area contributed by atoms with E-state index in [1.54, 1.807) is 18.2 Å². The molecule has 10 nitrogen and oxygen atoms in total. The van der Waals surface area contributed by atoms with Gasteiger partial charge in [-0.1, -0.05) is 48.5 Å². The minimum Gasteiger partial charge on any atom is -0.464 e. The van der Waals surface area contributed by atoms with Crippen LogP contribution >= 0.6 is 0 Å². The van der Waals surface area contributed by atoms with Gasteiger partial charge in [-0.25, -0.2) is 19.4 Å². The topological polar surface area (TPSA) is 117 Å². The molecule has 1 saturated heterocycles. The number of carbonyl (C=O) groups is 3. The van der Waals surface area contributed by atoms with E-state index in [0.717, 1.165) is 12.7 Å². The van der Waals surface area contributed by atoms with E-state index in [4.69, 9.17) is 14.2 Å². The van der Waals surface area contributed by atoms with Crippen LogP contribution in [0.4, 0.5) is 4.79 Å². The molecule has 0 aliphatic carbocycles. The number of carbonyl (C=O) groups excluding carboxylic acids is 3. The summed E-state index contributed by atoms with van der Waals surface area (Å²) in [7, 11) is 2.58. The minimum atomic E-state index is -0.945. The van der Waals surface area contributed by atoms with E-state index in [1.165, 1.54) is 28.6 Å². The highest BCUT2D eigenvalue weighted by Gasteiger charge is 2.40. The monoisotopic (exact) mass is 505 g/mol. The van der Waals surface area contributed by atoms with Crippen molar-refractivity contribution in [2.45, 2.75) is 38.5 Å². The Bertz CT molecular complexity index is 1360. The second-order valence-electron chi connectivity index (χ2n) is 8.65. The Morgan fingerprint density at radius 2 is 1.62 bits per heavy atom. The Balaban J connectivity index is 1.67. The first-order valence-corrected chi connectivity index (χ1v) is 11.8. The van der Waals surface area contributed by atoms with Gasteiger partial charge in [0.25, 0.3) is 5.56 Å². The van der Waals surface area contributed by atoms with Gasteiger partial charge >= 0.3 is 18.0 Å². The number of hydrogen-bond donors (Lipinski definition) is 0. The normalized spacial score (nSPS) is 16.8. The first-order chi connectivity index (χ1) is 17.8. The molecule has 2 heterocycles. The van der Waals surface area contributed by atoms with E-state index in [9.17, 15) is 19.2 Å². The van der Waals surface area contributed by atoms with Crippen molar-refractivity contribution in [1.29, 1.82) is 0 Å². The van der Waals surface area contributed by atoms with Crippen LogP contribution in [0.5, 0.6) is 5.75 Å². The van der Waals surface area contributed by atoms with Gasteiger partial charge in [0.2, 0.25) is 5.75 Å². The van der Waals surface area contributed by atoms with Crippen LogP contribution in [0.3, 0.4) is 0 Å². The summed E-state index contributed by atoms with van der Waals surface area (Å²) in [5, 5.41) is 0. The van der Waals surface area contributed by atoms with Crippen molar-refractivity contribution in [3.05, 3.63) is 93.7 Å². The number of rotatable bonds is 6. The molecule has 192 valence electrons. The molecule has 4 rings (SSSR count). The summed E-state index contributed by atoms with van der Waals surface area (Å²) in [6, 6.07) is 16.5. The molecule has 1 fully saturated rings. The molecule has 1 unspecified atom stereocenters. The number of benzene rings is 2. The summed E-state index contributed by atoms with van der Waals surface area (Å²) in [5.41, 5.74) is -0.169. The molecule has 0 saturated carbocycles. The van der Waals surface area contributed by atoms with Crippen LogP contribution in [-0.4, -0.2) is 45.6 Å². The van der Waals surface area contributed by atoms with Crippen molar-refractivity contribution >= 4 is 18.0 Å². The third-order valence-electron chi connectivity index (χ3n) is 6.25. The molecule has 0 bridgehead atoms. The highest BCUT2D eigenvalue weighted by Crippen LogP contribution is 2.36. The van der Waals surface area contributed by atoms with Crippen molar-refractivity contribution in [1.82, 2.24) is 14.5 Å². The van der Waals surface area contributed by atoms with Crippen LogP contribution in [0.2, 0.25) is 0 Å². The Morgan fingerprint density at radius 1 is 0.973 bits per heavy atom. The Morgan fingerprint density at radius 3 is 2.27 bits per heavy atom. The number of aromatic nitrogens is 2. The molecule has 37 heavy (non-hydrogen) atoms. The van der Waals surface area contributed by atoms with Crippen LogP contribution in [0.25, 0.3) is 0 Å². The summed E-state index contributed by atoms with van der Waals surface area (Å²) < 4.78 is 16.9. The number of nitrogens with zero attached hydrogens (tertiary/aromatic N) is 3. The molecule has 2 atom stereocenters. The molecule has 0 spiro atoms. The average molecular weight is 506 g/mol. The lowest BCUT2D eigenvalue weighted by molar-refractivity contribution is 0.0582. The number of esters is 2. The van der Waals surface area contributed by atoms with Gasteiger partial charge in [-0.3, -0.25) is 14.3 Å². The molecule has 3 aromatic rings. The quantitative estimate of drug-likeness (QED) is 0.466. The zero-order chi connectivity index (χ0) is 26.5. The average Bonchev–Trinajstić information content (AvgIpc) is 3.31. The van der Waals surface area contributed by atoms with Crippen molar-refractivity contribution < 1.29 is 28.6 Å². The number of ether oxygens (including phenoxy) is 3. The van der Waals surface area contributed by atoms with E-state index < -0.39 is 41.1 Å². The van der Waals surface area contributed by atoms with E-state index >= 15 is 0 Å². The van der Waals surface area contributed by atoms with Crippen LogP contribution in [-0.2, 0) is 23.1 Å². The lowest BCUT2D eigenvalue weighted by Gasteiger charge is -2.28. The van der Waals surface area contributed by atoms with Gasteiger partial charge in [-0.2, -0.15) is 0 Å². The SMILES string of the molecule is COC(=O)c1nc([C@@H]2CCC(C)N2C(=O)OCc2ccccc2)n(C)c(=O)c1OC(=O)c1ccccc1. The molecule has 1 amide bonds. The largest absolute Gasteiger partial charge is 0.464 e. The van der Waals surface area contributed by atoms with Crippen LogP contribution < -0.4 is 10.3 Å². The summed E-state index contributed by atoms with van der Waals surface area (Å²) in [5.74, 6) is -2.15. The third kappa shape index (κ3) is 5.37. The fourth-order valence-electron chi connectivity index (χ4n) is 4.29. The van der Waals surface area contributed by atoms with Gasteiger partial charge < -0.3 is 14.2 Å². The van der Waals surface area contributed by atoms with Crippen LogP contribution in [0.15, 0.2) is 65.5 Å². The highest BCUT2D eigenvalue weighted by atomic mass is 16.6. The Hall–Kier alpha value is -4.47. The first kappa shape index (κ1) is 25.6. The summed E-state index contributed by atoms with van der Waals surface area (Å²) >= 11 is 0. The van der Waals surface area contributed by atoms with Gasteiger partial charge in [0.15, 0.2) is 5.69 Å². The van der Waals surface area contributed by atoms with Crippen molar-refractivity contribution in [3.8, 4) is 5.75 Å². The fourth-order valence-corrected chi connectivity index (χ4v) is 4.29. The smallest absolute Gasteiger partial charge is 0.410 e. The predicted octanol–water partition coefficient (Wildman–Crippen LogP) is 3.65. The summed E-state index contributed by atoms with van der Waals surface area (Å²) in [6.45, 7) is 1.96. The lowest BCUT2D eigenvalue weighted by atomic mass is 10.2. The van der Waals surface area contributed by atoms with E-state index in [0.29, 0.717) is 12.8 Å². The second kappa shape index (κ2) is 11.1. The summed E-state index contributed by atoms with van der Waals surface area (Å²) in [6.07, 6.45) is 0.567. The molecule has 1 aliphatic heterocycles. The lowest BCUT2D eigenvalue weighted by Crippen LogP contribution is -2.39. The molecular formula is C27H27N3O7. The van der Waals surface area contributed by atoms with E-state index in [-0.39, 0.29) is 24.0 Å². The fraction of sp³-hybridized carbons (Fsp3) is 0.296. The number of amides is 1.